The first-order valence-electron chi connectivity index (χ1n) is 13.8. The molecule has 2 heterocycles. The summed E-state index contributed by atoms with van der Waals surface area (Å²) in [6.07, 6.45) is 0. The average Bonchev–Trinajstić information content (AvgIpc) is 3.38. The molecule has 0 aliphatic carbocycles. The third kappa shape index (κ3) is 4.90. The van der Waals surface area contributed by atoms with Crippen molar-refractivity contribution >= 4 is 34.5 Å². The number of aromatic nitrogens is 1. The van der Waals surface area contributed by atoms with Gasteiger partial charge in [-0.3, -0.25) is 0 Å². The molecule has 1 aromatic heterocycles. The molecule has 0 spiro atoms. The fraction of sp³-hybridized carbons (Fsp3) is 0.229. The van der Waals surface area contributed by atoms with E-state index in [1.807, 2.05) is 65.8 Å². The summed E-state index contributed by atoms with van der Waals surface area (Å²) in [5.41, 5.74) is 6.92. The molecule has 228 valence electrons. The maximum atomic E-state index is 15.6. The molecule has 0 unspecified atom stereocenters. The molecule has 5 rings (SSSR count). The first-order chi connectivity index (χ1) is 20.6. The number of halogens is 7. The highest BCUT2D eigenvalue weighted by molar-refractivity contribution is 6.48. The molecule has 3 aromatic carbocycles. The molecule has 0 bridgehead atoms. The largest absolute Gasteiger partial charge is 0.353 e. The summed E-state index contributed by atoms with van der Waals surface area (Å²) >= 11 is 13.7. The topological polar surface area (TPSA) is 28.1 Å². The van der Waals surface area contributed by atoms with Gasteiger partial charge in [-0.25, -0.2) is 26.9 Å². The number of aromatic amines is 1. The van der Waals surface area contributed by atoms with Crippen LogP contribution in [-0.4, -0.2) is 10.7 Å². The molecular weight excluding hydrogens is 614 g/mol. The van der Waals surface area contributed by atoms with Crippen molar-refractivity contribution in [3.63, 3.8) is 0 Å². The Labute approximate surface area is 263 Å². The van der Waals surface area contributed by atoms with E-state index in [-0.39, 0.29) is 27.0 Å². The zero-order valence-corrected chi connectivity index (χ0v) is 26.9. The molecule has 1 aliphatic rings. The van der Waals surface area contributed by atoms with Crippen LogP contribution in [0.2, 0.25) is 5.02 Å². The van der Waals surface area contributed by atoms with Crippen LogP contribution in [0.1, 0.15) is 62.7 Å². The number of hydrogen-bond acceptors (Lipinski definition) is 1. The van der Waals surface area contributed by atoms with Gasteiger partial charge in [0.15, 0.2) is 23.3 Å². The van der Waals surface area contributed by atoms with Crippen LogP contribution in [0.5, 0.6) is 0 Å². The van der Waals surface area contributed by atoms with Crippen molar-refractivity contribution in [1.29, 1.82) is 0 Å². The second-order valence-corrected chi connectivity index (χ2v) is 12.2. The lowest BCUT2D eigenvalue weighted by atomic mass is 9.94. The summed E-state index contributed by atoms with van der Waals surface area (Å²) in [7, 11) is 0. The van der Waals surface area contributed by atoms with Gasteiger partial charge in [0.05, 0.1) is 38.4 Å². The zero-order chi connectivity index (χ0) is 32.5. The fourth-order valence-electron chi connectivity index (χ4n) is 6.24. The number of nitrogens with zero attached hydrogens (tertiary/aromatic N) is 1. The van der Waals surface area contributed by atoms with Gasteiger partial charge < -0.3 is 4.98 Å². The highest BCUT2D eigenvalue weighted by Crippen LogP contribution is 2.46. The van der Waals surface area contributed by atoms with Gasteiger partial charge in [-0.2, -0.15) is 0 Å². The van der Waals surface area contributed by atoms with Crippen molar-refractivity contribution in [3.8, 4) is 11.3 Å². The second-order valence-electron chi connectivity index (χ2n) is 11.4. The number of H-pyrrole nitrogens is 1. The molecule has 0 atom stereocenters. The minimum absolute atomic E-state index is 0.0440. The van der Waals surface area contributed by atoms with E-state index < -0.39 is 34.6 Å². The summed E-state index contributed by atoms with van der Waals surface area (Å²) in [5.74, 6) is -10.4. The van der Waals surface area contributed by atoms with Gasteiger partial charge >= 0.3 is 0 Å². The van der Waals surface area contributed by atoms with Crippen LogP contribution >= 0.6 is 23.2 Å². The van der Waals surface area contributed by atoms with E-state index in [4.69, 9.17) is 28.2 Å². The molecular formula is C35H29Cl2F5N2. The van der Waals surface area contributed by atoms with Crippen LogP contribution in [0.3, 0.4) is 0 Å². The Hall–Kier alpha value is -3.68. The fourth-order valence-corrected chi connectivity index (χ4v) is 6.71. The molecule has 4 aromatic rings. The molecule has 0 amide bonds. The molecule has 0 radical (unpaired) electrons. The summed E-state index contributed by atoms with van der Waals surface area (Å²) in [4.78, 5) is 7.92. The Kier molecular flexibility index (Phi) is 8.19. The number of rotatable bonds is 4. The molecule has 1 aliphatic heterocycles. The number of benzene rings is 3. The zero-order valence-electron chi connectivity index (χ0n) is 25.4. The number of aryl methyl sites for hydroxylation is 6. The van der Waals surface area contributed by atoms with Crippen LogP contribution in [0.15, 0.2) is 45.6 Å². The van der Waals surface area contributed by atoms with E-state index in [1.54, 1.807) is 13.8 Å². The van der Waals surface area contributed by atoms with Gasteiger partial charge in [-0.05, 0) is 88.8 Å². The number of allylic oxidation sites excluding steroid dienone is 2. The van der Waals surface area contributed by atoms with E-state index in [0.29, 0.717) is 28.1 Å². The van der Waals surface area contributed by atoms with Gasteiger partial charge in [0.1, 0.15) is 0 Å². The lowest BCUT2D eigenvalue weighted by molar-refractivity contribution is 0.376. The Bertz CT molecular complexity index is 1940. The molecule has 0 saturated heterocycles. The Morgan fingerprint density at radius 2 is 1.07 bits per heavy atom. The summed E-state index contributed by atoms with van der Waals surface area (Å²) < 4.78 is 75.0. The smallest absolute Gasteiger partial charge is 0.200 e. The maximum absolute atomic E-state index is 15.6. The molecule has 0 saturated carbocycles. The van der Waals surface area contributed by atoms with Crippen molar-refractivity contribution in [2.45, 2.75) is 55.4 Å². The van der Waals surface area contributed by atoms with Crippen LogP contribution in [0.25, 0.3) is 16.8 Å². The number of nitrogens with one attached hydrogen (secondary N) is 1. The normalized spacial score (nSPS) is 14.6. The van der Waals surface area contributed by atoms with E-state index in [2.05, 4.69) is 4.98 Å². The predicted octanol–water partition coefficient (Wildman–Crippen LogP) is 11.0. The lowest BCUT2D eigenvalue weighted by Gasteiger charge is -2.15. The highest BCUT2D eigenvalue weighted by atomic mass is 35.5. The average molecular weight is 644 g/mol. The van der Waals surface area contributed by atoms with Gasteiger partial charge in [0, 0.05) is 16.7 Å². The third-order valence-corrected chi connectivity index (χ3v) is 9.01. The highest BCUT2D eigenvalue weighted by Gasteiger charge is 2.35. The second kappa shape index (κ2) is 11.4. The number of hydrogen-bond donors (Lipinski definition) is 1. The van der Waals surface area contributed by atoms with Crippen molar-refractivity contribution in [3.05, 3.63) is 130 Å². The standard InChI is InChI=1S/C35H29Cl2F5N2/c1-13-9-15(3)21(16(4)10-13)34-25(36)19(7)32(43-34)24(23-27(38)29(40)31(42)30(41)28(23)39)33-20(8)26(37)35(44-33)22-17(5)11-14(2)12-18(22)6/h9-12,43H,1-8H3/b33-24-. The minimum atomic E-state index is -2.26. The van der Waals surface area contributed by atoms with Crippen molar-refractivity contribution in [1.82, 2.24) is 4.98 Å². The molecule has 9 heteroatoms. The van der Waals surface area contributed by atoms with Crippen molar-refractivity contribution in [2.75, 3.05) is 0 Å². The van der Waals surface area contributed by atoms with Crippen LogP contribution in [-0.2, 0) is 0 Å². The van der Waals surface area contributed by atoms with E-state index in [9.17, 15) is 13.2 Å². The van der Waals surface area contributed by atoms with E-state index in [1.165, 1.54) is 0 Å². The van der Waals surface area contributed by atoms with Gasteiger partial charge in [-0.15, -0.1) is 0 Å². The Morgan fingerprint density at radius 3 is 1.55 bits per heavy atom. The third-order valence-electron chi connectivity index (χ3n) is 8.08. The predicted molar refractivity (Wildman–Crippen MR) is 168 cm³/mol. The van der Waals surface area contributed by atoms with E-state index >= 15 is 8.78 Å². The van der Waals surface area contributed by atoms with Gasteiger partial charge in [0.2, 0.25) is 5.82 Å². The van der Waals surface area contributed by atoms with Crippen LogP contribution in [0.4, 0.5) is 22.0 Å². The summed E-state index contributed by atoms with van der Waals surface area (Å²) in [6, 6.07) is 7.82. The molecule has 1 N–H and O–H groups in total. The molecule has 44 heavy (non-hydrogen) atoms. The first-order valence-corrected chi connectivity index (χ1v) is 14.6. The minimum Gasteiger partial charge on any atom is -0.353 e. The van der Waals surface area contributed by atoms with Crippen LogP contribution in [0, 0.1) is 77.6 Å². The van der Waals surface area contributed by atoms with E-state index in [0.717, 1.165) is 38.9 Å². The number of aliphatic imine (C=N–C) groups is 1. The summed E-state index contributed by atoms with van der Waals surface area (Å²) in [5, 5.41) is 0.425. The van der Waals surface area contributed by atoms with Crippen molar-refractivity contribution in [2.24, 2.45) is 4.99 Å². The van der Waals surface area contributed by atoms with Crippen LogP contribution < -0.4 is 0 Å². The quantitative estimate of drug-likeness (QED) is 0.130. The maximum Gasteiger partial charge on any atom is 0.200 e. The Balaban J connectivity index is 1.94. The summed E-state index contributed by atoms with van der Waals surface area (Å²) in [6.45, 7) is 14.7. The van der Waals surface area contributed by atoms with Crippen molar-refractivity contribution < 1.29 is 22.0 Å². The van der Waals surface area contributed by atoms with Gasteiger partial charge in [-0.1, -0.05) is 58.6 Å². The monoisotopic (exact) mass is 642 g/mol. The Morgan fingerprint density at radius 1 is 0.636 bits per heavy atom. The SMILES string of the molecule is CC1=C(Cl)C(c2c(C)cc(C)cc2C)=N/C1=C(\c1[nH]c(-c2c(C)cc(C)cc2C)c(Cl)c1C)c1c(F)c(F)c(F)c(F)c1F. The lowest BCUT2D eigenvalue weighted by Crippen LogP contribution is -2.09. The first kappa shape index (κ1) is 31.7. The molecule has 2 nitrogen and oxygen atoms in total. The van der Waals surface area contributed by atoms with Gasteiger partial charge in [0.25, 0.3) is 0 Å². The molecule has 0 fully saturated rings.